The number of rotatable bonds is 5. The summed E-state index contributed by atoms with van der Waals surface area (Å²) >= 11 is 0. The quantitative estimate of drug-likeness (QED) is 0.596. The highest BCUT2D eigenvalue weighted by molar-refractivity contribution is 5.92. The highest BCUT2D eigenvalue weighted by Gasteiger charge is 2.32. The molecular formula is C26H35N5O2. The van der Waals surface area contributed by atoms with Crippen LogP contribution >= 0.6 is 0 Å². The zero-order chi connectivity index (χ0) is 23.1. The first-order valence-electron chi connectivity index (χ1n) is 12.3. The largest absolute Gasteiger partial charge is 0.373 e. The van der Waals surface area contributed by atoms with E-state index >= 15 is 0 Å². The third kappa shape index (κ3) is 4.36. The van der Waals surface area contributed by atoms with Gasteiger partial charge < -0.3 is 9.64 Å². The number of carbonyl (C=O) groups excluding carboxylic acids is 1. The number of likely N-dealkylation sites (tertiary alicyclic amines) is 1. The fraction of sp³-hybridized carbons (Fsp3) is 0.577. The molecule has 2 aliphatic heterocycles. The van der Waals surface area contributed by atoms with Crippen molar-refractivity contribution >= 4 is 22.5 Å². The molecule has 33 heavy (non-hydrogen) atoms. The topological polar surface area (TPSA) is 63.0 Å². The number of aromatic nitrogens is 3. The molecule has 1 aromatic carbocycles. The van der Waals surface area contributed by atoms with Gasteiger partial charge in [-0.05, 0) is 64.7 Å². The van der Waals surface area contributed by atoms with Crippen LogP contribution in [0.2, 0.25) is 0 Å². The van der Waals surface area contributed by atoms with Crippen molar-refractivity contribution in [2.24, 2.45) is 0 Å². The molecule has 0 spiro atoms. The first-order chi connectivity index (χ1) is 15.9. The summed E-state index contributed by atoms with van der Waals surface area (Å²) in [4.78, 5) is 22.7. The molecule has 176 valence electrons. The second-order valence-corrected chi connectivity index (χ2v) is 9.87. The Morgan fingerprint density at radius 3 is 2.70 bits per heavy atom. The summed E-state index contributed by atoms with van der Waals surface area (Å²) in [7, 11) is 0. The van der Waals surface area contributed by atoms with Crippen molar-refractivity contribution < 1.29 is 9.53 Å². The normalized spacial score (nSPS) is 24.2. The molecule has 7 nitrogen and oxygen atoms in total. The maximum absolute atomic E-state index is 13.3. The lowest BCUT2D eigenvalue weighted by atomic mass is 10.1. The summed E-state index contributed by atoms with van der Waals surface area (Å²) in [5.41, 5.74) is 5.05. The van der Waals surface area contributed by atoms with E-state index in [9.17, 15) is 4.79 Å². The molecule has 4 heterocycles. The Morgan fingerprint density at radius 1 is 1.15 bits per heavy atom. The van der Waals surface area contributed by atoms with E-state index < -0.39 is 0 Å². The molecule has 3 atom stereocenters. The Kier molecular flexibility index (Phi) is 6.10. The summed E-state index contributed by atoms with van der Waals surface area (Å²) in [5.74, 6) is 0.261. The molecule has 2 fully saturated rings. The van der Waals surface area contributed by atoms with Crippen molar-refractivity contribution in [1.82, 2.24) is 24.4 Å². The van der Waals surface area contributed by atoms with Crippen LogP contribution in [0.5, 0.6) is 0 Å². The molecule has 7 heteroatoms. The molecule has 0 unspecified atom stereocenters. The van der Waals surface area contributed by atoms with Crippen molar-refractivity contribution in [2.75, 3.05) is 26.2 Å². The fourth-order valence-corrected chi connectivity index (χ4v) is 5.80. The highest BCUT2D eigenvalue weighted by atomic mass is 16.5. The van der Waals surface area contributed by atoms with Crippen LogP contribution in [0.3, 0.4) is 0 Å². The number of nitrogens with zero attached hydrogens (tertiary/aromatic N) is 5. The van der Waals surface area contributed by atoms with E-state index in [1.807, 2.05) is 29.6 Å². The molecule has 0 radical (unpaired) electrons. The molecule has 2 saturated heterocycles. The van der Waals surface area contributed by atoms with E-state index in [1.54, 1.807) is 0 Å². The Balaban J connectivity index is 1.29. The maximum Gasteiger partial charge on any atom is 0.223 e. The minimum Gasteiger partial charge on any atom is -0.373 e. The lowest BCUT2D eigenvalue weighted by molar-refractivity contribution is -0.133. The van der Waals surface area contributed by atoms with Crippen LogP contribution in [0.25, 0.3) is 16.6 Å². The molecule has 0 saturated carbocycles. The van der Waals surface area contributed by atoms with Crippen molar-refractivity contribution in [3.8, 4) is 0 Å². The SMILES string of the molecule is Cc1nc2c3ccccc3nn2c(C)c1CCC(=O)N1CCC[C@@H]1CN1C[C@H](C)O[C@@H](C)C1. The van der Waals surface area contributed by atoms with E-state index in [0.29, 0.717) is 18.9 Å². The predicted octanol–water partition coefficient (Wildman–Crippen LogP) is 3.53. The summed E-state index contributed by atoms with van der Waals surface area (Å²) < 4.78 is 7.82. The first-order valence-corrected chi connectivity index (χ1v) is 12.3. The Bertz CT molecular complexity index is 1160. The second-order valence-electron chi connectivity index (χ2n) is 9.87. The van der Waals surface area contributed by atoms with Crippen molar-refractivity contribution in [2.45, 2.75) is 71.6 Å². The number of amides is 1. The van der Waals surface area contributed by atoms with E-state index in [4.69, 9.17) is 14.8 Å². The third-order valence-electron chi connectivity index (χ3n) is 7.27. The van der Waals surface area contributed by atoms with Crippen LogP contribution in [-0.2, 0) is 16.0 Å². The van der Waals surface area contributed by atoms with Gasteiger partial charge in [-0.15, -0.1) is 0 Å². The first kappa shape index (κ1) is 22.3. The summed E-state index contributed by atoms with van der Waals surface area (Å²) in [6.45, 7) is 12.1. The number of carbonyl (C=O) groups is 1. The average molecular weight is 450 g/mol. The molecule has 3 aromatic rings. The maximum atomic E-state index is 13.3. The molecule has 2 aliphatic rings. The van der Waals surface area contributed by atoms with Crippen molar-refractivity contribution in [3.05, 3.63) is 41.2 Å². The molecule has 0 bridgehead atoms. The van der Waals surface area contributed by atoms with Gasteiger partial charge in [-0.2, -0.15) is 5.10 Å². The Hall–Kier alpha value is -2.51. The molecular weight excluding hydrogens is 414 g/mol. The lowest BCUT2D eigenvalue weighted by Crippen LogP contribution is -2.51. The molecule has 2 aromatic heterocycles. The Labute approximate surface area is 195 Å². The van der Waals surface area contributed by atoms with Crippen LogP contribution in [0.15, 0.2) is 24.3 Å². The van der Waals surface area contributed by atoms with Crippen molar-refractivity contribution in [1.29, 1.82) is 0 Å². The van der Waals surface area contributed by atoms with Gasteiger partial charge >= 0.3 is 0 Å². The number of hydrogen-bond donors (Lipinski definition) is 0. The molecule has 1 amide bonds. The summed E-state index contributed by atoms with van der Waals surface area (Å²) in [6, 6.07) is 8.42. The minimum atomic E-state index is 0.256. The summed E-state index contributed by atoms with van der Waals surface area (Å²) in [6.07, 6.45) is 3.92. The van der Waals surface area contributed by atoms with E-state index in [0.717, 1.165) is 72.5 Å². The number of aryl methyl sites for hydroxylation is 2. The zero-order valence-corrected chi connectivity index (χ0v) is 20.3. The van der Waals surface area contributed by atoms with E-state index in [-0.39, 0.29) is 18.1 Å². The van der Waals surface area contributed by atoms with Gasteiger partial charge in [-0.1, -0.05) is 12.1 Å². The van der Waals surface area contributed by atoms with Crippen molar-refractivity contribution in [3.63, 3.8) is 0 Å². The van der Waals surface area contributed by atoms with Gasteiger partial charge in [-0.25, -0.2) is 9.50 Å². The second kappa shape index (κ2) is 9.03. The number of ether oxygens (including phenoxy) is 1. The minimum absolute atomic E-state index is 0.256. The predicted molar refractivity (Wildman–Crippen MR) is 129 cm³/mol. The molecule has 0 aliphatic carbocycles. The summed E-state index contributed by atoms with van der Waals surface area (Å²) in [5, 5.41) is 5.82. The number of hydrogen-bond acceptors (Lipinski definition) is 5. The van der Waals surface area contributed by atoms with Gasteiger partial charge in [0, 0.05) is 55.4 Å². The van der Waals surface area contributed by atoms with Crippen LogP contribution in [0.1, 0.15) is 50.1 Å². The van der Waals surface area contributed by atoms with Crippen LogP contribution in [0.4, 0.5) is 0 Å². The Morgan fingerprint density at radius 2 is 1.91 bits per heavy atom. The van der Waals surface area contributed by atoms with Gasteiger partial charge in [0.15, 0.2) is 5.65 Å². The zero-order valence-electron chi connectivity index (χ0n) is 20.3. The van der Waals surface area contributed by atoms with Gasteiger partial charge in [0.25, 0.3) is 0 Å². The molecule has 5 rings (SSSR count). The van der Waals surface area contributed by atoms with Gasteiger partial charge in [-0.3, -0.25) is 9.69 Å². The number of morpholine rings is 1. The highest BCUT2D eigenvalue weighted by Crippen LogP contribution is 2.25. The van der Waals surface area contributed by atoms with Gasteiger partial charge in [0.05, 0.1) is 17.7 Å². The van der Waals surface area contributed by atoms with Crippen LogP contribution < -0.4 is 0 Å². The monoisotopic (exact) mass is 449 g/mol. The van der Waals surface area contributed by atoms with Crippen LogP contribution in [-0.4, -0.2) is 74.7 Å². The standard InChI is InChI=1S/C26H35N5O2/c1-17-14-29(15-18(2)33-17)16-21-8-7-13-30(21)25(32)12-11-22-19(3)27-26-23-9-5-6-10-24(23)28-31(26)20(22)4/h5-6,9-10,17-18,21H,7-8,11-16H2,1-4H3/t17-,18-,21+/m0/s1. The van der Waals surface area contributed by atoms with Gasteiger partial charge in [0.1, 0.15) is 0 Å². The fourth-order valence-electron chi connectivity index (χ4n) is 5.80. The van der Waals surface area contributed by atoms with Crippen LogP contribution in [0, 0.1) is 13.8 Å². The molecule has 0 N–H and O–H groups in total. The van der Waals surface area contributed by atoms with E-state index in [2.05, 4.69) is 36.6 Å². The smallest absolute Gasteiger partial charge is 0.223 e. The lowest BCUT2D eigenvalue weighted by Gasteiger charge is -2.38. The third-order valence-corrected chi connectivity index (χ3v) is 7.27. The van der Waals surface area contributed by atoms with E-state index in [1.165, 1.54) is 0 Å². The number of fused-ring (bicyclic) bond motifs is 3. The number of benzene rings is 1. The van der Waals surface area contributed by atoms with Gasteiger partial charge in [0.2, 0.25) is 5.91 Å². The average Bonchev–Trinajstić information content (AvgIpc) is 3.37.